The molecule has 2 aliphatic carbocycles. The molecule has 0 aromatic rings. The third-order valence-corrected chi connectivity index (χ3v) is 6.72. The van der Waals surface area contributed by atoms with Crippen molar-refractivity contribution in [2.75, 3.05) is 13.2 Å². The standard InChI is InChI=1S/C20H32O6/c1-2-21-16-15(14-13-22-19(24-14)9-5-3-6-10-19)23-18-17(16)25-20(26-18)11-7-4-8-12-20/h14-18H,2-13H2,1H3/t14-,15-,16+,17+,18-/m0/s1. The normalized spacial score (nSPS) is 44.0. The molecule has 5 rings (SSSR count). The quantitative estimate of drug-likeness (QED) is 0.762. The molecule has 2 saturated carbocycles. The van der Waals surface area contributed by atoms with Crippen LogP contribution in [0.5, 0.6) is 0 Å². The van der Waals surface area contributed by atoms with Gasteiger partial charge >= 0.3 is 0 Å². The van der Waals surface area contributed by atoms with Gasteiger partial charge in [0.05, 0.1) is 6.61 Å². The molecule has 0 aromatic carbocycles. The van der Waals surface area contributed by atoms with Gasteiger partial charge in [-0.2, -0.15) is 0 Å². The van der Waals surface area contributed by atoms with E-state index in [0.717, 1.165) is 38.5 Å². The molecule has 148 valence electrons. The van der Waals surface area contributed by atoms with Crippen molar-refractivity contribution in [3.05, 3.63) is 0 Å². The highest BCUT2D eigenvalue weighted by molar-refractivity contribution is 5.01. The Hall–Kier alpha value is -0.240. The van der Waals surface area contributed by atoms with Gasteiger partial charge in [0.15, 0.2) is 17.9 Å². The predicted octanol–water partition coefficient (Wildman–Crippen LogP) is 3.27. The first-order chi connectivity index (χ1) is 12.7. The number of hydrogen-bond acceptors (Lipinski definition) is 6. The van der Waals surface area contributed by atoms with Crippen molar-refractivity contribution < 1.29 is 28.4 Å². The summed E-state index contributed by atoms with van der Waals surface area (Å²) in [6.45, 7) is 3.22. The zero-order valence-corrected chi connectivity index (χ0v) is 15.8. The summed E-state index contributed by atoms with van der Waals surface area (Å²) in [5.41, 5.74) is 0. The predicted molar refractivity (Wildman–Crippen MR) is 92.5 cm³/mol. The van der Waals surface area contributed by atoms with E-state index in [1.165, 1.54) is 25.7 Å². The molecular weight excluding hydrogens is 336 g/mol. The minimum Gasteiger partial charge on any atom is -0.373 e. The van der Waals surface area contributed by atoms with Crippen molar-refractivity contribution in [2.45, 2.75) is 113 Å². The summed E-state index contributed by atoms with van der Waals surface area (Å²) in [7, 11) is 0. The van der Waals surface area contributed by atoms with E-state index in [2.05, 4.69) is 0 Å². The number of rotatable bonds is 3. The first kappa shape index (κ1) is 17.8. The maximum atomic E-state index is 6.44. The maximum absolute atomic E-state index is 6.44. The minimum atomic E-state index is -0.453. The average molecular weight is 368 g/mol. The highest BCUT2D eigenvalue weighted by Gasteiger charge is 2.61. The monoisotopic (exact) mass is 368 g/mol. The molecular formula is C20H32O6. The van der Waals surface area contributed by atoms with Crippen LogP contribution in [0.3, 0.4) is 0 Å². The largest absolute Gasteiger partial charge is 0.373 e. The third kappa shape index (κ3) is 3.03. The van der Waals surface area contributed by atoms with E-state index in [4.69, 9.17) is 28.4 Å². The molecule has 0 N–H and O–H groups in total. The van der Waals surface area contributed by atoms with Crippen LogP contribution in [-0.2, 0) is 28.4 Å². The lowest BCUT2D eigenvalue weighted by atomic mass is 9.94. The Labute approximate surface area is 155 Å². The maximum Gasteiger partial charge on any atom is 0.190 e. The summed E-state index contributed by atoms with van der Waals surface area (Å²) in [6, 6.07) is 0. The van der Waals surface area contributed by atoms with E-state index in [1.807, 2.05) is 6.92 Å². The van der Waals surface area contributed by atoms with Crippen LogP contribution < -0.4 is 0 Å². The Kier molecular flexibility index (Phi) is 4.78. The molecule has 6 nitrogen and oxygen atoms in total. The van der Waals surface area contributed by atoms with Crippen LogP contribution in [-0.4, -0.2) is 55.5 Å². The van der Waals surface area contributed by atoms with E-state index in [0.29, 0.717) is 13.2 Å². The number of ether oxygens (including phenoxy) is 6. The summed E-state index contributed by atoms with van der Waals surface area (Å²) < 4.78 is 37.7. The van der Waals surface area contributed by atoms with E-state index in [1.54, 1.807) is 0 Å². The van der Waals surface area contributed by atoms with Crippen molar-refractivity contribution in [1.82, 2.24) is 0 Å². The fourth-order valence-corrected chi connectivity index (χ4v) is 5.46. The summed E-state index contributed by atoms with van der Waals surface area (Å²) >= 11 is 0. The molecule has 3 saturated heterocycles. The Morgan fingerprint density at radius 1 is 0.808 bits per heavy atom. The Morgan fingerprint density at radius 3 is 2.19 bits per heavy atom. The highest BCUT2D eigenvalue weighted by Crippen LogP contribution is 2.48. The Morgan fingerprint density at radius 2 is 1.50 bits per heavy atom. The van der Waals surface area contributed by atoms with Gasteiger partial charge in [-0.1, -0.05) is 12.8 Å². The smallest absolute Gasteiger partial charge is 0.190 e. The second-order valence-electron chi connectivity index (χ2n) is 8.50. The fourth-order valence-electron chi connectivity index (χ4n) is 5.46. The van der Waals surface area contributed by atoms with E-state index < -0.39 is 11.6 Å². The second kappa shape index (κ2) is 6.98. The average Bonchev–Trinajstić information content (AvgIpc) is 3.30. The minimum absolute atomic E-state index is 0.107. The van der Waals surface area contributed by atoms with E-state index >= 15 is 0 Å². The summed E-state index contributed by atoms with van der Waals surface area (Å²) in [6.07, 6.45) is 10.1. The van der Waals surface area contributed by atoms with Gasteiger partial charge in [0.2, 0.25) is 0 Å². The molecule has 0 unspecified atom stereocenters. The summed E-state index contributed by atoms with van der Waals surface area (Å²) in [5.74, 6) is -0.849. The lowest BCUT2D eigenvalue weighted by Gasteiger charge is -2.35. The van der Waals surface area contributed by atoms with Crippen LogP contribution in [0.15, 0.2) is 0 Å². The van der Waals surface area contributed by atoms with Crippen LogP contribution >= 0.6 is 0 Å². The molecule has 26 heavy (non-hydrogen) atoms. The van der Waals surface area contributed by atoms with Gasteiger partial charge in [0, 0.05) is 32.3 Å². The fraction of sp³-hybridized carbons (Fsp3) is 1.00. The molecule has 5 fully saturated rings. The van der Waals surface area contributed by atoms with Crippen molar-refractivity contribution in [3.63, 3.8) is 0 Å². The topological polar surface area (TPSA) is 55.4 Å². The van der Waals surface area contributed by atoms with E-state index in [-0.39, 0.29) is 30.7 Å². The van der Waals surface area contributed by atoms with Crippen LogP contribution in [0.1, 0.15) is 71.1 Å². The lowest BCUT2D eigenvalue weighted by molar-refractivity contribution is -0.262. The summed E-state index contributed by atoms with van der Waals surface area (Å²) in [5, 5.41) is 0. The van der Waals surface area contributed by atoms with Crippen LogP contribution in [0.25, 0.3) is 0 Å². The Bertz CT molecular complexity index is 499. The zero-order valence-electron chi connectivity index (χ0n) is 15.8. The van der Waals surface area contributed by atoms with Gasteiger partial charge in [0.25, 0.3) is 0 Å². The first-order valence-electron chi connectivity index (χ1n) is 10.7. The highest BCUT2D eigenvalue weighted by atomic mass is 16.9. The molecule has 6 heteroatoms. The summed E-state index contributed by atoms with van der Waals surface area (Å²) in [4.78, 5) is 0. The SMILES string of the molecule is CCO[C@@H]1[C@H]([C@@H]2COC3(CCCCC3)O2)O[C@H]2OC3(CCCCC3)O[C@@H]21. The molecule has 5 atom stereocenters. The van der Waals surface area contributed by atoms with Crippen molar-refractivity contribution >= 4 is 0 Å². The first-order valence-corrected chi connectivity index (χ1v) is 10.7. The van der Waals surface area contributed by atoms with Crippen LogP contribution in [0.4, 0.5) is 0 Å². The second-order valence-corrected chi connectivity index (χ2v) is 8.50. The zero-order chi connectivity index (χ0) is 17.6. The van der Waals surface area contributed by atoms with Gasteiger partial charge in [-0.25, -0.2) is 0 Å². The van der Waals surface area contributed by atoms with Gasteiger partial charge in [0.1, 0.15) is 24.4 Å². The molecule has 2 spiro atoms. The van der Waals surface area contributed by atoms with E-state index in [9.17, 15) is 0 Å². The van der Waals surface area contributed by atoms with Gasteiger partial charge < -0.3 is 28.4 Å². The molecule has 5 aliphatic rings. The van der Waals surface area contributed by atoms with Gasteiger partial charge in [-0.05, 0) is 32.6 Å². The lowest BCUT2D eigenvalue weighted by Crippen LogP contribution is -2.45. The van der Waals surface area contributed by atoms with Crippen LogP contribution in [0, 0.1) is 0 Å². The third-order valence-electron chi connectivity index (χ3n) is 6.72. The van der Waals surface area contributed by atoms with Crippen molar-refractivity contribution in [3.8, 4) is 0 Å². The number of hydrogen-bond donors (Lipinski definition) is 0. The molecule has 0 aromatic heterocycles. The Balaban J connectivity index is 1.29. The van der Waals surface area contributed by atoms with Crippen molar-refractivity contribution in [1.29, 1.82) is 0 Å². The number of fused-ring (bicyclic) bond motifs is 1. The molecule has 0 radical (unpaired) electrons. The van der Waals surface area contributed by atoms with Crippen molar-refractivity contribution in [2.24, 2.45) is 0 Å². The van der Waals surface area contributed by atoms with Gasteiger partial charge in [-0.15, -0.1) is 0 Å². The van der Waals surface area contributed by atoms with Crippen LogP contribution in [0.2, 0.25) is 0 Å². The molecule has 0 amide bonds. The molecule has 3 aliphatic heterocycles. The molecule has 0 bridgehead atoms. The van der Waals surface area contributed by atoms with Gasteiger partial charge in [-0.3, -0.25) is 0 Å². The molecule has 3 heterocycles.